The zero-order valence-corrected chi connectivity index (χ0v) is 10.5. The molecule has 0 bridgehead atoms. The predicted octanol–water partition coefficient (Wildman–Crippen LogP) is 1.92. The Bertz CT molecular complexity index is 501. The highest BCUT2D eigenvalue weighted by atomic mass is 16.2. The molecule has 0 saturated heterocycles. The van der Waals surface area contributed by atoms with Crippen molar-refractivity contribution in [1.29, 1.82) is 5.26 Å². The number of carbonyl (C=O) groups is 2. The smallest absolute Gasteiger partial charge is 0.250 e. The maximum absolute atomic E-state index is 12.1. The van der Waals surface area contributed by atoms with Crippen LogP contribution in [0, 0.1) is 23.2 Å². The molecule has 0 aliphatic heterocycles. The molecule has 2 rings (SSSR count). The Labute approximate surface area is 111 Å². The number of aromatic nitrogens is 1. The third kappa shape index (κ3) is 3.16. The van der Waals surface area contributed by atoms with E-state index in [1.54, 1.807) is 18.2 Å². The highest BCUT2D eigenvalue weighted by Crippen LogP contribution is 2.28. The lowest BCUT2D eigenvalue weighted by Crippen LogP contribution is -2.32. The van der Waals surface area contributed by atoms with E-state index in [1.165, 1.54) is 6.20 Å². The molecule has 1 aromatic rings. The normalized spacial score (nSPS) is 16.6. The Kier molecular flexibility index (Phi) is 4.24. The number of anilines is 1. The number of pyridine rings is 1. The minimum atomic E-state index is -1.23. The van der Waals surface area contributed by atoms with Crippen LogP contribution in [-0.4, -0.2) is 16.7 Å². The van der Waals surface area contributed by atoms with Gasteiger partial charge in [0.2, 0.25) is 0 Å². The van der Waals surface area contributed by atoms with E-state index < -0.39 is 11.8 Å². The molecular weight excluding hydrogens is 242 g/mol. The summed E-state index contributed by atoms with van der Waals surface area (Å²) in [5.74, 6) is -1.86. The molecule has 19 heavy (non-hydrogen) atoms. The zero-order chi connectivity index (χ0) is 13.7. The average molecular weight is 257 g/mol. The van der Waals surface area contributed by atoms with Gasteiger partial charge in [-0.3, -0.25) is 9.59 Å². The summed E-state index contributed by atoms with van der Waals surface area (Å²) < 4.78 is 0. The lowest BCUT2D eigenvalue weighted by atomic mass is 9.92. The van der Waals surface area contributed by atoms with E-state index >= 15 is 0 Å². The fourth-order valence-corrected chi connectivity index (χ4v) is 2.33. The van der Waals surface area contributed by atoms with E-state index in [0.29, 0.717) is 5.82 Å². The fourth-order valence-electron chi connectivity index (χ4n) is 2.33. The summed E-state index contributed by atoms with van der Waals surface area (Å²) in [5.41, 5.74) is 0. The van der Waals surface area contributed by atoms with E-state index in [-0.39, 0.29) is 11.7 Å². The van der Waals surface area contributed by atoms with Gasteiger partial charge < -0.3 is 5.32 Å². The maximum atomic E-state index is 12.1. The molecule has 1 aliphatic carbocycles. The minimum Gasteiger partial charge on any atom is -0.309 e. The van der Waals surface area contributed by atoms with Crippen LogP contribution in [0.3, 0.4) is 0 Å². The van der Waals surface area contributed by atoms with E-state index in [1.807, 2.05) is 6.07 Å². The third-order valence-electron chi connectivity index (χ3n) is 3.35. The predicted molar refractivity (Wildman–Crippen MR) is 68.9 cm³/mol. The molecule has 1 heterocycles. The lowest BCUT2D eigenvalue weighted by molar-refractivity contribution is -0.131. The number of amides is 1. The van der Waals surface area contributed by atoms with Crippen LogP contribution in [0.4, 0.5) is 5.82 Å². The van der Waals surface area contributed by atoms with Gasteiger partial charge in [-0.05, 0) is 25.0 Å². The van der Waals surface area contributed by atoms with E-state index in [2.05, 4.69) is 10.3 Å². The monoisotopic (exact) mass is 257 g/mol. The van der Waals surface area contributed by atoms with Crippen LogP contribution in [0.25, 0.3) is 0 Å². The van der Waals surface area contributed by atoms with Gasteiger partial charge in [-0.1, -0.05) is 18.9 Å². The summed E-state index contributed by atoms with van der Waals surface area (Å²) in [6, 6.07) is 6.88. The number of hydrogen-bond donors (Lipinski definition) is 1. The number of nitrogens with one attached hydrogen (secondary N) is 1. The SMILES string of the molecule is N#C[C@@H](C(=O)Nc1ccccn1)C(=O)C1CCCC1. The molecule has 1 saturated carbocycles. The molecule has 5 heteroatoms. The van der Waals surface area contributed by atoms with Gasteiger partial charge in [0, 0.05) is 12.1 Å². The minimum absolute atomic E-state index is 0.140. The van der Waals surface area contributed by atoms with Crippen molar-refractivity contribution >= 4 is 17.5 Å². The van der Waals surface area contributed by atoms with Crippen LogP contribution < -0.4 is 5.32 Å². The van der Waals surface area contributed by atoms with Crippen LogP contribution >= 0.6 is 0 Å². The molecule has 98 valence electrons. The zero-order valence-electron chi connectivity index (χ0n) is 10.5. The van der Waals surface area contributed by atoms with Crippen molar-refractivity contribution in [3.8, 4) is 6.07 Å². The first-order valence-electron chi connectivity index (χ1n) is 6.37. The fraction of sp³-hybridized carbons (Fsp3) is 0.429. The first-order chi connectivity index (χ1) is 9.22. The van der Waals surface area contributed by atoms with Gasteiger partial charge in [0.1, 0.15) is 5.82 Å². The highest BCUT2D eigenvalue weighted by molar-refractivity contribution is 6.09. The van der Waals surface area contributed by atoms with Crippen molar-refractivity contribution in [2.75, 3.05) is 5.32 Å². The molecule has 5 nitrogen and oxygen atoms in total. The number of carbonyl (C=O) groups excluding carboxylic acids is 2. The van der Waals surface area contributed by atoms with Crippen LogP contribution in [-0.2, 0) is 9.59 Å². The molecule has 0 radical (unpaired) electrons. The summed E-state index contributed by atoms with van der Waals surface area (Å²) in [5, 5.41) is 11.6. The van der Waals surface area contributed by atoms with Crippen LogP contribution in [0.2, 0.25) is 0 Å². The highest BCUT2D eigenvalue weighted by Gasteiger charge is 2.33. The van der Waals surface area contributed by atoms with Crippen LogP contribution in [0.1, 0.15) is 25.7 Å². The quantitative estimate of drug-likeness (QED) is 0.835. The van der Waals surface area contributed by atoms with Crippen molar-refractivity contribution < 1.29 is 9.59 Å². The van der Waals surface area contributed by atoms with Crippen molar-refractivity contribution in [2.24, 2.45) is 11.8 Å². The number of nitriles is 1. The second-order valence-electron chi connectivity index (χ2n) is 4.65. The van der Waals surface area contributed by atoms with Gasteiger partial charge >= 0.3 is 0 Å². The molecule has 0 spiro atoms. The van der Waals surface area contributed by atoms with Gasteiger partial charge in [0.25, 0.3) is 5.91 Å². The molecule has 1 N–H and O–H groups in total. The largest absolute Gasteiger partial charge is 0.309 e. The number of ketones is 1. The summed E-state index contributed by atoms with van der Waals surface area (Å²) in [4.78, 5) is 28.0. The Hall–Kier alpha value is -2.22. The van der Waals surface area contributed by atoms with Gasteiger partial charge in [-0.25, -0.2) is 4.98 Å². The van der Waals surface area contributed by atoms with Gasteiger partial charge in [0.15, 0.2) is 11.7 Å². The maximum Gasteiger partial charge on any atom is 0.250 e. The molecule has 1 atom stereocenters. The van der Waals surface area contributed by atoms with Gasteiger partial charge in [0.05, 0.1) is 6.07 Å². The standard InChI is InChI=1S/C14H15N3O2/c15-9-11(13(18)10-5-1-2-6-10)14(19)17-12-7-3-4-8-16-12/h3-4,7-8,10-11H,1-2,5-6H2,(H,16,17,19)/t11-/m1/s1. The van der Waals surface area contributed by atoms with Crippen LogP contribution in [0.15, 0.2) is 24.4 Å². The van der Waals surface area contributed by atoms with E-state index in [0.717, 1.165) is 25.7 Å². The molecule has 0 aromatic carbocycles. The summed E-state index contributed by atoms with van der Waals surface area (Å²) in [6.45, 7) is 0. The van der Waals surface area contributed by atoms with E-state index in [4.69, 9.17) is 5.26 Å². The number of hydrogen-bond acceptors (Lipinski definition) is 4. The third-order valence-corrected chi connectivity index (χ3v) is 3.35. The molecule has 1 amide bonds. The average Bonchev–Trinajstić information content (AvgIpc) is 2.94. The number of Topliss-reactive ketones (excluding diaryl/α,β-unsaturated/α-hetero) is 1. The van der Waals surface area contributed by atoms with Gasteiger partial charge in [-0.15, -0.1) is 0 Å². The summed E-state index contributed by atoms with van der Waals surface area (Å²) >= 11 is 0. The second-order valence-corrected chi connectivity index (χ2v) is 4.65. The first kappa shape index (κ1) is 13.2. The topological polar surface area (TPSA) is 82.8 Å². The summed E-state index contributed by atoms with van der Waals surface area (Å²) in [6.07, 6.45) is 5.10. The summed E-state index contributed by atoms with van der Waals surface area (Å²) in [7, 11) is 0. The first-order valence-corrected chi connectivity index (χ1v) is 6.37. The number of rotatable bonds is 4. The van der Waals surface area contributed by atoms with Gasteiger partial charge in [-0.2, -0.15) is 5.26 Å². The molecule has 1 fully saturated rings. The number of nitrogens with zero attached hydrogens (tertiary/aromatic N) is 2. The Balaban J connectivity index is 2.03. The Morgan fingerprint density at radius 2 is 2.11 bits per heavy atom. The second kappa shape index (κ2) is 6.10. The van der Waals surface area contributed by atoms with Crippen LogP contribution in [0.5, 0.6) is 0 Å². The molecule has 1 aliphatic rings. The van der Waals surface area contributed by atoms with Crippen molar-refractivity contribution in [3.05, 3.63) is 24.4 Å². The Morgan fingerprint density at radius 3 is 2.68 bits per heavy atom. The molecular formula is C14H15N3O2. The van der Waals surface area contributed by atoms with E-state index in [9.17, 15) is 9.59 Å². The molecule has 0 unspecified atom stereocenters. The lowest BCUT2D eigenvalue weighted by Gasteiger charge is -2.12. The molecule has 1 aromatic heterocycles. The Morgan fingerprint density at radius 1 is 1.37 bits per heavy atom. The van der Waals surface area contributed by atoms with Crippen molar-refractivity contribution in [1.82, 2.24) is 4.98 Å². The van der Waals surface area contributed by atoms with Crippen molar-refractivity contribution in [3.63, 3.8) is 0 Å². The van der Waals surface area contributed by atoms with Crippen molar-refractivity contribution in [2.45, 2.75) is 25.7 Å².